The molecule has 2 atom stereocenters. The summed E-state index contributed by atoms with van der Waals surface area (Å²) in [6.45, 7) is 1.08. The zero-order chi connectivity index (χ0) is 20.9. The molecule has 0 amide bonds. The van der Waals surface area contributed by atoms with Crippen LogP contribution in [0.2, 0.25) is 5.02 Å². The van der Waals surface area contributed by atoms with Crippen molar-refractivity contribution in [1.29, 1.82) is 5.26 Å². The molecule has 0 N–H and O–H groups in total. The molecular formula is C18H12ClF3N2O4. The van der Waals surface area contributed by atoms with Crippen LogP contribution in [0, 0.1) is 16.2 Å². The number of halogens is 4. The van der Waals surface area contributed by atoms with E-state index in [1.54, 1.807) is 6.07 Å². The van der Waals surface area contributed by atoms with Gasteiger partial charge in [-0.2, -0.15) is 18.4 Å². The first-order valence-corrected chi connectivity index (χ1v) is 8.07. The first-order chi connectivity index (χ1) is 13.2. The third-order valence-corrected chi connectivity index (χ3v) is 3.80. The van der Waals surface area contributed by atoms with Crippen molar-refractivity contribution in [3.63, 3.8) is 0 Å². The van der Waals surface area contributed by atoms with Crippen LogP contribution in [0.1, 0.15) is 24.1 Å². The number of hydrogen-bond donors (Lipinski definition) is 0. The standard InChI is InChI=1S/C18H12ClF3N2O4/c1-10(25)27-16(9-23)17(24-26)11-3-2-4-13(7-11)28-15-6-5-12(8-14(15)19)18(20,21)22/h2-8,16-17H,1H3. The highest BCUT2D eigenvalue weighted by Crippen LogP contribution is 2.37. The number of alkyl halides is 3. The molecule has 6 nitrogen and oxygen atoms in total. The minimum absolute atomic E-state index is 0.0424. The number of ether oxygens (including phenoxy) is 2. The van der Waals surface area contributed by atoms with Gasteiger partial charge in [0.2, 0.25) is 6.10 Å². The van der Waals surface area contributed by atoms with Gasteiger partial charge in [0.15, 0.2) is 6.04 Å². The second-order valence-corrected chi connectivity index (χ2v) is 5.93. The molecule has 0 spiro atoms. The summed E-state index contributed by atoms with van der Waals surface area (Å²) in [4.78, 5) is 22.3. The quantitative estimate of drug-likeness (QED) is 0.467. The summed E-state index contributed by atoms with van der Waals surface area (Å²) < 4.78 is 48.4. The van der Waals surface area contributed by atoms with Gasteiger partial charge in [0.25, 0.3) is 0 Å². The third-order valence-electron chi connectivity index (χ3n) is 3.51. The van der Waals surface area contributed by atoms with Gasteiger partial charge in [0.1, 0.15) is 17.6 Å². The highest BCUT2D eigenvalue weighted by molar-refractivity contribution is 6.32. The molecule has 2 aromatic carbocycles. The van der Waals surface area contributed by atoms with Crippen molar-refractivity contribution in [2.75, 3.05) is 0 Å². The van der Waals surface area contributed by atoms with E-state index in [-0.39, 0.29) is 22.1 Å². The summed E-state index contributed by atoms with van der Waals surface area (Å²) in [5.74, 6) is -0.671. The molecule has 10 heteroatoms. The number of rotatable bonds is 6. The largest absolute Gasteiger partial charge is 0.456 e. The van der Waals surface area contributed by atoms with Gasteiger partial charge >= 0.3 is 12.1 Å². The van der Waals surface area contributed by atoms with Gasteiger partial charge in [-0.1, -0.05) is 28.9 Å². The number of hydrogen-bond acceptors (Lipinski definition) is 6. The molecule has 2 aromatic rings. The summed E-state index contributed by atoms with van der Waals surface area (Å²) in [5.41, 5.74) is -0.717. The van der Waals surface area contributed by atoms with E-state index in [1.165, 1.54) is 24.3 Å². The summed E-state index contributed by atoms with van der Waals surface area (Å²) in [7, 11) is 0. The van der Waals surface area contributed by atoms with Crippen molar-refractivity contribution < 1.29 is 27.4 Å². The van der Waals surface area contributed by atoms with Gasteiger partial charge in [0, 0.05) is 6.92 Å². The predicted molar refractivity (Wildman–Crippen MR) is 92.7 cm³/mol. The highest BCUT2D eigenvalue weighted by Gasteiger charge is 2.31. The summed E-state index contributed by atoms with van der Waals surface area (Å²) in [6, 6.07) is 8.70. The lowest BCUT2D eigenvalue weighted by molar-refractivity contribution is -0.144. The third kappa shape index (κ3) is 5.20. The number of carbonyl (C=O) groups excluding carboxylic acids is 1. The van der Waals surface area contributed by atoms with Crippen LogP contribution in [0.15, 0.2) is 47.6 Å². The van der Waals surface area contributed by atoms with E-state index >= 15 is 0 Å². The fraction of sp³-hybridized carbons (Fsp3) is 0.222. The fourth-order valence-electron chi connectivity index (χ4n) is 2.28. The van der Waals surface area contributed by atoms with Gasteiger partial charge in [-0.25, -0.2) is 0 Å². The maximum Gasteiger partial charge on any atom is 0.416 e. The van der Waals surface area contributed by atoms with E-state index in [9.17, 15) is 22.9 Å². The molecule has 0 aliphatic heterocycles. The molecular weight excluding hydrogens is 401 g/mol. The molecule has 0 aliphatic carbocycles. The van der Waals surface area contributed by atoms with Crippen molar-refractivity contribution in [3.8, 4) is 17.6 Å². The first kappa shape index (κ1) is 21.2. The molecule has 0 aliphatic rings. The van der Waals surface area contributed by atoms with Crippen LogP contribution in [-0.4, -0.2) is 12.1 Å². The van der Waals surface area contributed by atoms with Gasteiger partial charge < -0.3 is 9.47 Å². The Kier molecular flexibility index (Phi) is 6.59. The molecule has 0 bridgehead atoms. The summed E-state index contributed by atoms with van der Waals surface area (Å²) in [6.07, 6.45) is -5.99. The van der Waals surface area contributed by atoms with E-state index in [2.05, 4.69) is 5.18 Å². The Hall–Kier alpha value is -3.12. The average molecular weight is 413 g/mol. The van der Waals surface area contributed by atoms with E-state index in [4.69, 9.17) is 26.3 Å². The Labute approximate surface area is 162 Å². The van der Waals surface area contributed by atoms with Gasteiger partial charge in [0.05, 0.1) is 10.6 Å². The monoisotopic (exact) mass is 412 g/mol. The molecule has 0 fully saturated rings. The zero-order valence-corrected chi connectivity index (χ0v) is 15.0. The lowest BCUT2D eigenvalue weighted by atomic mass is 10.0. The van der Waals surface area contributed by atoms with Crippen molar-refractivity contribution in [3.05, 3.63) is 63.5 Å². The number of nitroso groups, excluding NO2 is 1. The Morgan fingerprint density at radius 1 is 1.25 bits per heavy atom. The summed E-state index contributed by atoms with van der Waals surface area (Å²) in [5, 5.41) is 11.7. The van der Waals surface area contributed by atoms with Crippen molar-refractivity contribution in [1.82, 2.24) is 0 Å². The maximum atomic E-state index is 12.7. The molecule has 0 saturated heterocycles. The maximum absolute atomic E-state index is 12.7. The molecule has 28 heavy (non-hydrogen) atoms. The van der Waals surface area contributed by atoms with Crippen LogP contribution >= 0.6 is 11.6 Å². The lowest BCUT2D eigenvalue weighted by Gasteiger charge is -2.16. The lowest BCUT2D eigenvalue weighted by Crippen LogP contribution is -2.21. The van der Waals surface area contributed by atoms with Gasteiger partial charge in [-0.3, -0.25) is 4.79 Å². The average Bonchev–Trinajstić information content (AvgIpc) is 2.62. The minimum atomic E-state index is -4.55. The van der Waals surface area contributed by atoms with E-state index in [0.29, 0.717) is 0 Å². The Morgan fingerprint density at radius 2 is 1.96 bits per heavy atom. The Bertz CT molecular complexity index is 928. The highest BCUT2D eigenvalue weighted by atomic mass is 35.5. The molecule has 0 aromatic heterocycles. The van der Waals surface area contributed by atoms with Gasteiger partial charge in [-0.15, -0.1) is 4.91 Å². The molecule has 146 valence electrons. The van der Waals surface area contributed by atoms with Crippen LogP contribution in [-0.2, 0) is 15.7 Å². The SMILES string of the molecule is CC(=O)OC(C#N)C(N=O)c1cccc(Oc2ccc(C(F)(F)F)cc2Cl)c1. The number of benzene rings is 2. The van der Waals surface area contributed by atoms with E-state index in [1.807, 2.05) is 0 Å². The molecule has 0 saturated carbocycles. The topological polar surface area (TPSA) is 88.8 Å². The van der Waals surface area contributed by atoms with Crippen LogP contribution in [0.4, 0.5) is 13.2 Å². The van der Waals surface area contributed by atoms with Crippen LogP contribution in [0.25, 0.3) is 0 Å². The van der Waals surface area contributed by atoms with Crippen LogP contribution in [0.3, 0.4) is 0 Å². The number of nitrogens with zero attached hydrogens (tertiary/aromatic N) is 2. The Morgan fingerprint density at radius 3 is 2.50 bits per heavy atom. The van der Waals surface area contributed by atoms with Gasteiger partial charge in [-0.05, 0) is 35.9 Å². The molecule has 0 radical (unpaired) electrons. The molecule has 0 heterocycles. The molecule has 2 unspecified atom stereocenters. The minimum Gasteiger partial charge on any atom is -0.456 e. The fourth-order valence-corrected chi connectivity index (χ4v) is 2.50. The Balaban J connectivity index is 2.29. The first-order valence-electron chi connectivity index (χ1n) is 7.69. The predicted octanol–water partition coefficient (Wildman–Crippen LogP) is 5.41. The normalized spacial score (nSPS) is 13.1. The van der Waals surface area contributed by atoms with Crippen LogP contribution < -0.4 is 4.74 Å². The smallest absolute Gasteiger partial charge is 0.416 e. The zero-order valence-electron chi connectivity index (χ0n) is 14.2. The van der Waals surface area contributed by atoms with E-state index < -0.39 is 29.9 Å². The van der Waals surface area contributed by atoms with Crippen molar-refractivity contribution in [2.24, 2.45) is 5.18 Å². The second kappa shape index (κ2) is 8.71. The van der Waals surface area contributed by atoms with Crippen LogP contribution in [0.5, 0.6) is 11.5 Å². The summed E-state index contributed by atoms with van der Waals surface area (Å²) >= 11 is 5.85. The number of carbonyl (C=O) groups is 1. The second-order valence-electron chi connectivity index (χ2n) is 5.53. The number of esters is 1. The van der Waals surface area contributed by atoms with Crippen molar-refractivity contribution >= 4 is 17.6 Å². The number of nitriles is 1. The molecule has 2 rings (SSSR count). The van der Waals surface area contributed by atoms with Crippen molar-refractivity contribution in [2.45, 2.75) is 25.2 Å². The van der Waals surface area contributed by atoms with E-state index in [0.717, 1.165) is 25.1 Å².